The largest absolute Gasteiger partial charge is 0.464 e. The number of carbonyl (C=O) groups excluding carboxylic acids is 2. The molecule has 1 atom stereocenters. The molecule has 1 aromatic heterocycles. The fraction of sp³-hybridized carbons (Fsp3) is 0.381. The number of hydrogen-bond donors (Lipinski definition) is 1. The van der Waals surface area contributed by atoms with E-state index in [1.54, 1.807) is 23.2 Å². The van der Waals surface area contributed by atoms with Crippen LogP contribution >= 0.6 is 0 Å². The lowest BCUT2D eigenvalue weighted by molar-refractivity contribution is -0.148. The third-order valence-corrected chi connectivity index (χ3v) is 4.72. The molecule has 2 aromatic rings. The van der Waals surface area contributed by atoms with Gasteiger partial charge in [0.15, 0.2) is 11.6 Å². The molecule has 0 saturated carbocycles. The Bertz CT molecular complexity index is 835. The van der Waals surface area contributed by atoms with Crippen LogP contribution in [0.3, 0.4) is 0 Å². The summed E-state index contributed by atoms with van der Waals surface area (Å²) in [6.07, 6.45) is 3.38. The van der Waals surface area contributed by atoms with E-state index in [4.69, 9.17) is 4.74 Å². The molecule has 2 amide bonds. The lowest BCUT2D eigenvalue weighted by Crippen LogP contribution is -2.62. The highest BCUT2D eigenvalue weighted by Gasteiger charge is 2.50. The minimum Gasteiger partial charge on any atom is -0.464 e. The first-order valence-corrected chi connectivity index (χ1v) is 9.25. The molecule has 0 fully saturated rings. The minimum atomic E-state index is -1.62. The van der Waals surface area contributed by atoms with Crippen molar-refractivity contribution in [1.82, 2.24) is 10.3 Å². The molecule has 1 unspecified atom stereocenters. The van der Waals surface area contributed by atoms with Gasteiger partial charge >= 0.3 is 0 Å². The summed E-state index contributed by atoms with van der Waals surface area (Å²) in [7, 11) is 0. The van der Waals surface area contributed by atoms with Crippen molar-refractivity contribution in [3.63, 3.8) is 0 Å². The molecule has 6 heteroatoms. The van der Waals surface area contributed by atoms with Gasteiger partial charge < -0.3 is 10.1 Å². The SMILES string of the molecule is CCCCN1C(=O)C(C)(C(=O)NCc2ccc(C)cc2)Oc2cccnc21. The lowest BCUT2D eigenvalue weighted by atomic mass is 10.0. The van der Waals surface area contributed by atoms with E-state index in [0.717, 1.165) is 24.0 Å². The van der Waals surface area contributed by atoms with Crippen molar-refractivity contribution in [2.24, 2.45) is 0 Å². The Morgan fingerprint density at radius 2 is 2.00 bits per heavy atom. The third-order valence-electron chi connectivity index (χ3n) is 4.72. The van der Waals surface area contributed by atoms with Crippen molar-refractivity contribution >= 4 is 17.6 Å². The van der Waals surface area contributed by atoms with Crippen molar-refractivity contribution in [3.05, 3.63) is 53.7 Å². The predicted octanol–water partition coefficient (Wildman–Crippen LogP) is 2.99. The topological polar surface area (TPSA) is 71.5 Å². The minimum absolute atomic E-state index is 0.334. The maximum Gasteiger partial charge on any atom is 0.282 e. The molecule has 1 aliphatic heterocycles. The van der Waals surface area contributed by atoms with Crippen LogP contribution in [0.15, 0.2) is 42.6 Å². The number of pyridine rings is 1. The van der Waals surface area contributed by atoms with E-state index in [9.17, 15) is 9.59 Å². The van der Waals surface area contributed by atoms with E-state index in [2.05, 4.69) is 17.2 Å². The van der Waals surface area contributed by atoms with E-state index in [0.29, 0.717) is 24.7 Å². The fourth-order valence-electron chi connectivity index (χ4n) is 3.01. The average molecular weight is 367 g/mol. The zero-order valence-corrected chi connectivity index (χ0v) is 16.0. The highest BCUT2D eigenvalue weighted by atomic mass is 16.5. The number of fused-ring (bicyclic) bond motifs is 1. The van der Waals surface area contributed by atoms with Crippen molar-refractivity contribution in [2.75, 3.05) is 11.4 Å². The van der Waals surface area contributed by atoms with Crippen molar-refractivity contribution in [1.29, 1.82) is 0 Å². The Morgan fingerprint density at radius 1 is 1.26 bits per heavy atom. The first-order valence-electron chi connectivity index (χ1n) is 9.25. The second-order valence-electron chi connectivity index (χ2n) is 6.94. The number of benzene rings is 1. The number of aromatic nitrogens is 1. The molecule has 27 heavy (non-hydrogen) atoms. The lowest BCUT2D eigenvalue weighted by Gasteiger charge is -2.38. The van der Waals surface area contributed by atoms with Gasteiger partial charge in [-0.2, -0.15) is 0 Å². The number of nitrogens with zero attached hydrogens (tertiary/aromatic N) is 2. The van der Waals surface area contributed by atoms with Gasteiger partial charge in [-0.1, -0.05) is 43.2 Å². The normalized spacial score (nSPS) is 18.6. The molecule has 142 valence electrons. The molecule has 0 radical (unpaired) electrons. The molecular weight excluding hydrogens is 342 g/mol. The molecule has 1 N–H and O–H groups in total. The number of unbranched alkanes of at least 4 members (excludes halogenated alkanes) is 1. The van der Waals surface area contributed by atoms with E-state index in [1.165, 1.54) is 6.92 Å². The Morgan fingerprint density at radius 3 is 2.70 bits per heavy atom. The number of carbonyl (C=O) groups is 2. The van der Waals surface area contributed by atoms with E-state index >= 15 is 0 Å². The smallest absolute Gasteiger partial charge is 0.282 e. The van der Waals surface area contributed by atoms with E-state index in [1.807, 2.05) is 31.2 Å². The van der Waals surface area contributed by atoms with Crippen molar-refractivity contribution < 1.29 is 14.3 Å². The van der Waals surface area contributed by atoms with Gasteiger partial charge in [0, 0.05) is 19.3 Å². The van der Waals surface area contributed by atoms with Gasteiger partial charge in [0.2, 0.25) is 0 Å². The van der Waals surface area contributed by atoms with E-state index < -0.39 is 11.5 Å². The van der Waals surface area contributed by atoms with Gasteiger partial charge in [-0.15, -0.1) is 0 Å². The van der Waals surface area contributed by atoms with Gasteiger partial charge in [0.05, 0.1) is 0 Å². The number of amides is 2. The second-order valence-corrected chi connectivity index (χ2v) is 6.94. The maximum absolute atomic E-state index is 13.1. The van der Waals surface area contributed by atoms with Crippen LogP contribution in [0, 0.1) is 6.92 Å². The molecule has 0 bridgehead atoms. The molecule has 0 spiro atoms. The van der Waals surface area contributed by atoms with Crippen LogP contribution in [-0.4, -0.2) is 28.9 Å². The molecular formula is C21H25N3O3. The summed E-state index contributed by atoms with van der Waals surface area (Å²) < 4.78 is 5.85. The third kappa shape index (κ3) is 3.79. The fourth-order valence-corrected chi connectivity index (χ4v) is 3.01. The number of aryl methyl sites for hydroxylation is 1. The van der Waals surface area contributed by atoms with Crippen LogP contribution in [0.5, 0.6) is 5.75 Å². The molecule has 2 heterocycles. The molecule has 1 aromatic carbocycles. The van der Waals surface area contributed by atoms with Crippen LogP contribution in [0.2, 0.25) is 0 Å². The average Bonchev–Trinajstić information content (AvgIpc) is 2.67. The van der Waals surface area contributed by atoms with E-state index in [-0.39, 0.29) is 5.91 Å². The quantitative estimate of drug-likeness (QED) is 0.797. The molecule has 6 nitrogen and oxygen atoms in total. The van der Waals surface area contributed by atoms with Crippen molar-refractivity contribution in [2.45, 2.75) is 45.8 Å². The first kappa shape index (κ1) is 18.9. The molecule has 0 saturated heterocycles. The summed E-state index contributed by atoms with van der Waals surface area (Å²) in [6.45, 7) is 6.42. The number of rotatable bonds is 6. The van der Waals surface area contributed by atoms with Gasteiger partial charge in [-0.05, 0) is 38.0 Å². The second kappa shape index (κ2) is 7.78. The maximum atomic E-state index is 13.1. The summed E-state index contributed by atoms with van der Waals surface area (Å²) in [5.41, 5.74) is 0.498. The number of hydrogen-bond acceptors (Lipinski definition) is 4. The summed E-state index contributed by atoms with van der Waals surface area (Å²) in [4.78, 5) is 31.9. The highest BCUT2D eigenvalue weighted by Crippen LogP contribution is 2.36. The monoisotopic (exact) mass is 367 g/mol. The van der Waals surface area contributed by atoms with Gasteiger partial charge in [-0.25, -0.2) is 4.98 Å². The number of anilines is 1. The Hall–Kier alpha value is -2.89. The van der Waals surface area contributed by atoms with Gasteiger partial charge in [0.1, 0.15) is 0 Å². The zero-order chi connectivity index (χ0) is 19.4. The molecule has 3 rings (SSSR count). The summed E-state index contributed by atoms with van der Waals surface area (Å²) in [6, 6.07) is 11.3. The van der Waals surface area contributed by atoms with Crippen molar-refractivity contribution in [3.8, 4) is 5.75 Å². The Kier molecular flexibility index (Phi) is 5.44. The summed E-state index contributed by atoms with van der Waals surface area (Å²) in [5, 5.41) is 2.83. The zero-order valence-electron chi connectivity index (χ0n) is 16.0. The number of nitrogens with one attached hydrogen (secondary N) is 1. The highest BCUT2D eigenvalue weighted by molar-refractivity contribution is 6.16. The standard InChI is InChI=1S/C21H25N3O3/c1-4-5-13-24-18-17(7-6-12-22-18)27-21(3,20(24)26)19(25)23-14-16-10-8-15(2)9-11-16/h6-12H,4-5,13-14H2,1-3H3,(H,23,25). The number of ether oxygens (including phenoxy) is 1. The van der Waals surface area contributed by atoms with Crippen LogP contribution in [0.1, 0.15) is 37.8 Å². The van der Waals surface area contributed by atoms with Crippen LogP contribution < -0.4 is 15.0 Å². The summed E-state index contributed by atoms with van der Waals surface area (Å²) >= 11 is 0. The van der Waals surface area contributed by atoms with Gasteiger partial charge in [-0.3, -0.25) is 14.5 Å². The Labute approximate surface area is 159 Å². The van der Waals surface area contributed by atoms with Crippen LogP contribution in [-0.2, 0) is 16.1 Å². The summed E-state index contributed by atoms with van der Waals surface area (Å²) in [5.74, 6) is 0.0774. The first-order chi connectivity index (χ1) is 13.0. The predicted molar refractivity (Wildman–Crippen MR) is 104 cm³/mol. The molecule has 0 aliphatic carbocycles. The van der Waals surface area contributed by atoms with Crippen LogP contribution in [0.4, 0.5) is 5.82 Å². The van der Waals surface area contributed by atoms with Crippen LogP contribution in [0.25, 0.3) is 0 Å². The molecule has 1 aliphatic rings. The Balaban J connectivity index is 1.81. The van der Waals surface area contributed by atoms with Gasteiger partial charge in [0.25, 0.3) is 17.4 Å².